The van der Waals surface area contributed by atoms with Crippen molar-refractivity contribution in [2.45, 2.75) is 38.5 Å². The lowest BCUT2D eigenvalue weighted by atomic mass is 10.1. The van der Waals surface area contributed by atoms with Crippen LogP contribution in [0.1, 0.15) is 31.4 Å². The van der Waals surface area contributed by atoms with E-state index in [1.54, 1.807) is 49.2 Å². The molecule has 3 rings (SSSR count). The number of carbonyl (C=O) groups is 1. The lowest BCUT2D eigenvalue weighted by Gasteiger charge is -2.25. The van der Waals surface area contributed by atoms with Crippen LogP contribution in [-0.2, 0) is 11.3 Å². The minimum absolute atomic E-state index is 0.187. The Labute approximate surface area is 146 Å². The Morgan fingerprint density at radius 2 is 2.32 bits per heavy atom. The Kier molecular flexibility index (Phi) is 5.33. The smallest absolute Gasteiger partial charge is 0.322 e. The van der Waals surface area contributed by atoms with E-state index in [1.165, 1.54) is 11.0 Å². The first kappa shape index (κ1) is 17.4. The molecule has 6 nitrogen and oxygen atoms in total. The molecule has 25 heavy (non-hydrogen) atoms. The van der Waals surface area contributed by atoms with Gasteiger partial charge in [-0.1, -0.05) is 18.2 Å². The summed E-state index contributed by atoms with van der Waals surface area (Å²) in [6.07, 6.45) is 5.68. The van der Waals surface area contributed by atoms with Gasteiger partial charge in [-0.15, -0.1) is 0 Å². The van der Waals surface area contributed by atoms with Crippen molar-refractivity contribution in [2.75, 3.05) is 19.0 Å². The Hall–Kier alpha value is -2.41. The van der Waals surface area contributed by atoms with E-state index in [1.807, 2.05) is 0 Å². The lowest BCUT2D eigenvalue weighted by molar-refractivity contribution is 0.0940. The molecule has 2 aromatic rings. The zero-order valence-electron chi connectivity index (χ0n) is 14.5. The van der Waals surface area contributed by atoms with Crippen LogP contribution < -0.4 is 5.32 Å². The number of aromatic nitrogens is 2. The average molecular weight is 346 g/mol. The largest absolute Gasteiger partial charge is 0.376 e. The summed E-state index contributed by atoms with van der Waals surface area (Å²) in [6, 6.07) is 5.77. The van der Waals surface area contributed by atoms with Crippen molar-refractivity contribution >= 4 is 11.7 Å². The highest BCUT2D eigenvalue weighted by molar-refractivity contribution is 5.89. The van der Waals surface area contributed by atoms with Crippen LogP contribution in [0, 0.1) is 5.82 Å². The van der Waals surface area contributed by atoms with Crippen molar-refractivity contribution < 1.29 is 13.9 Å². The van der Waals surface area contributed by atoms with Gasteiger partial charge in [-0.05, 0) is 25.8 Å². The summed E-state index contributed by atoms with van der Waals surface area (Å²) in [5.74, 6) is -0.320. The molecule has 1 aliphatic rings. The quantitative estimate of drug-likeness (QED) is 0.902. The minimum Gasteiger partial charge on any atom is -0.376 e. The third-order valence-corrected chi connectivity index (χ3v) is 4.56. The topological polar surface area (TPSA) is 59.4 Å². The molecule has 134 valence electrons. The van der Waals surface area contributed by atoms with Crippen LogP contribution in [0.5, 0.6) is 0 Å². The molecule has 0 radical (unpaired) electrons. The number of rotatable bonds is 5. The van der Waals surface area contributed by atoms with Crippen molar-refractivity contribution in [1.29, 1.82) is 0 Å². The van der Waals surface area contributed by atoms with Gasteiger partial charge in [-0.3, -0.25) is 4.68 Å². The highest BCUT2D eigenvalue weighted by Gasteiger charge is 2.21. The van der Waals surface area contributed by atoms with Crippen LogP contribution >= 0.6 is 0 Å². The number of nitrogens with one attached hydrogen (secondary N) is 1. The fourth-order valence-corrected chi connectivity index (χ4v) is 2.94. The van der Waals surface area contributed by atoms with Gasteiger partial charge in [-0.25, -0.2) is 9.18 Å². The highest BCUT2D eigenvalue weighted by atomic mass is 19.1. The van der Waals surface area contributed by atoms with Crippen molar-refractivity contribution in [3.8, 4) is 0 Å². The first-order valence-electron chi connectivity index (χ1n) is 8.47. The standard InChI is InChI=1S/C18H23FN4O2/c1-13(16-7-3-4-8-17(16)19)22(2)18(24)21-14-10-20-23(11-14)12-15-6-5-9-25-15/h3-4,7-8,10-11,13,15H,5-6,9,12H2,1-2H3,(H,21,24). The van der Waals surface area contributed by atoms with E-state index < -0.39 is 0 Å². The van der Waals surface area contributed by atoms with Gasteiger partial charge in [0.05, 0.1) is 30.6 Å². The van der Waals surface area contributed by atoms with Crippen LogP contribution in [0.15, 0.2) is 36.7 Å². The summed E-state index contributed by atoms with van der Waals surface area (Å²) in [7, 11) is 1.64. The fraction of sp³-hybridized carbons (Fsp3) is 0.444. The molecule has 2 unspecified atom stereocenters. The van der Waals surface area contributed by atoms with Gasteiger partial charge >= 0.3 is 6.03 Å². The summed E-state index contributed by atoms with van der Waals surface area (Å²) < 4.78 is 21.3. The average Bonchev–Trinajstić information content (AvgIpc) is 3.26. The summed E-state index contributed by atoms with van der Waals surface area (Å²) in [6.45, 7) is 3.27. The Bertz CT molecular complexity index is 727. The molecule has 1 aromatic heterocycles. The third-order valence-electron chi connectivity index (χ3n) is 4.56. The van der Waals surface area contributed by atoms with E-state index in [0.717, 1.165) is 19.4 Å². The molecule has 1 aliphatic heterocycles. The molecule has 0 bridgehead atoms. The van der Waals surface area contributed by atoms with E-state index in [9.17, 15) is 9.18 Å². The summed E-state index contributed by atoms with van der Waals surface area (Å²) in [5, 5.41) is 7.05. The van der Waals surface area contributed by atoms with E-state index in [-0.39, 0.29) is 24.0 Å². The van der Waals surface area contributed by atoms with Crippen LogP contribution in [0.25, 0.3) is 0 Å². The van der Waals surface area contributed by atoms with Crippen molar-refractivity contribution in [1.82, 2.24) is 14.7 Å². The summed E-state index contributed by atoms with van der Waals surface area (Å²) >= 11 is 0. The van der Waals surface area contributed by atoms with Crippen LogP contribution in [-0.4, -0.2) is 40.5 Å². The summed E-state index contributed by atoms with van der Waals surface area (Å²) in [5.41, 5.74) is 1.09. The van der Waals surface area contributed by atoms with Crippen molar-refractivity contribution in [3.63, 3.8) is 0 Å². The van der Waals surface area contributed by atoms with E-state index in [4.69, 9.17) is 4.74 Å². The molecule has 1 N–H and O–H groups in total. The molecule has 1 saturated heterocycles. The Morgan fingerprint density at radius 3 is 3.04 bits per heavy atom. The number of benzene rings is 1. The Balaban J connectivity index is 1.59. The monoisotopic (exact) mass is 346 g/mol. The van der Waals surface area contributed by atoms with Gasteiger partial charge in [0.25, 0.3) is 0 Å². The Morgan fingerprint density at radius 1 is 1.52 bits per heavy atom. The minimum atomic E-state index is -0.386. The molecule has 2 heterocycles. The van der Waals surface area contributed by atoms with Crippen LogP contribution in [0.3, 0.4) is 0 Å². The van der Waals surface area contributed by atoms with Crippen LogP contribution in [0.4, 0.5) is 14.9 Å². The molecule has 1 fully saturated rings. The maximum atomic E-state index is 13.9. The summed E-state index contributed by atoms with van der Waals surface area (Å²) in [4.78, 5) is 13.9. The number of halogens is 1. The fourth-order valence-electron chi connectivity index (χ4n) is 2.94. The maximum absolute atomic E-state index is 13.9. The molecule has 0 spiro atoms. The number of hydrogen-bond acceptors (Lipinski definition) is 3. The van der Waals surface area contributed by atoms with Gasteiger partial charge < -0.3 is 15.0 Å². The zero-order valence-corrected chi connectivity index (χ0v) is 14.5. The van der Waals surface area contributed by atoms with Gasteiger partial charge in [0.1, 0.15) is 5.82 Å². The molecule has 0 saturated carbocycles. The van der Waals surface area contributed by atoms with Gasteiger partial charge in [0.15, 0.2) is 0 Å². The molecule has 0 aliphatic carbocycles. The number of amides is 2. The lowest BCUT2D eigenvalue weighted by Crippen LogP contribution is -2.33. The second kappa shape index (κ2) is 7.65. The van der Waals surface area contributed by atoms with E-state index in [0.29, 0.717) is 17.8 Å². The van der Waals surface area contributed by atoms with Gasteiger partial charge in [-0.2, -0.15) is 5.10 Å². The number of ether oxygens (including phenoxy) is 1. The first-order valence-corrected chi connectivity index (χ1v) is 8.47. The first-order chi connectivity index (χ1) is 12.0. The normalized spacial score (nSPS) is 18.1. The van der Waals surface area contributed by atoms with Gasteiger partial charge in [0.2, 0.25) is 0 Å². The van der Waals surface area contributed by atoms with Crippen molar-refractivity contribution in [2.24, 2.45) is 0 Å². The second-order valence-corrected chi connectivity index (χ2v) is 6.32. The van der Waals surface area contributed by atoms with Crippen LogP contribution in [0.2, 0.25) is 0 Å². The van der Waals surface area contributed by atoms with E-state index in [2.05, 4.69) is 10.4 Å². The maximum Gasteiger partial charge on any atom is 0.322 e. The third kappa shape index (κ3) is 4.17. The van der Waals surface area contributed by atoms with E-state index >= 15 is 0 Å². The molecular formula is C18H23FN4O2. The predicted octanol–water partition coefficient (Wildman–Crippen LogP) is 3.43. The number of urea groups is 1. The molecule has 2 amide bonds. The molecule has 7 heteroatoms. The molecular weight excluding hydrogens is 323 g/mol. The number of carbonyl (C=O) groups excluding carboxylic acids is 1. The molecule has 2 atom stereocenters. The number of nitrogens with zero attached hydrogens (tertiary/aromatic N) is 3. The SMILES string of the molecule is CC(c1ccccc1F)N(C)C(=O)Nc1cnn(CC2CCCO2)c1. The highest BCUT2D eigenvalue weighted by Crippen LogP contribution is 2.22. The second-order valence-electron chi connectivity index (χ2n) is 6.32. The predicted molar refractivity (Wildman–Crippen MR) is 92.8 cm³/mol. The van der Waals surface area contributed by atoms with Crippen molar-refractivity contribution in [3.05, 3.63) is 48.0 Å². The number of hydrogen-bond donors (Lipinski definition) is 1. The van der Waals surface area contributed by atoms with Gasteiger partial charge in [0, 0.05) is 25.4 Å². The zero-order chi connectivity index (χ0) is 17.8. The number of anilines is 1. The molecule has 1 aromatic carbocycles.